The molecule has 2 aliphatic heterocycles. The van der Waals surface area contributed by atoms with Crippen LogP contribution in [0.15, 0.2) is 77.5 Å². The summed E-state index contributed by atoms with van der Waals surface area (Å²) in [7, 11) is -4.10. The molecule has 1 fully saturated rings. The Balaban J connectivity index is 1.82. The predicted octanol–water partition coefficient (Wildman–Crippen LogP) is 4.39. The van der Waals surface area contributed by atoms with Crippen molar-refractivity contribution in [1.29, 1.82) is 0 Å². The number of sulfonamides is 1. The van der Waals surface area contributed by atoms with Crippen LogP contribution in [-0.2, 0) is 24.3 Å². The summed E-state index contributed by atoms with van der Waals surface area (Å²) in [6.45, 7) is 0.524. The first-order valence-corrected chi connectivity index (χ1v) is 12.9. The van der Waals surface area contributed by atoms with Crippen molar-refractivity contribution in [2.75, 3.05) is 6.54 Å². The van der Waals surface area contributed by atoms with Crippen LogP contribution in [0.5, 0.6) is 0 Å². The van der Waals surface area contributed by atoms with Crippen LogP contribution in [0.1, 0.15) is 38.5 Å². The van der Waals surface area contributed by atoms with Gasteiger partial charge in [0.25, 0.3) is 0 Å². The molecule has 1 amide bonds. The van der Waals surface area contributed by atoms with Gasteiger partial charge in [0.15, 0.2) is 5.76 Å². The van der Waals surface area contributed by atoms with Gasteiger partial charge in [-0.2, -0.15) is 4.31 Å². The van der Waals surface area contributed by atoms with Gasteiger partial charge in [0, 0.05) is 11.6 Å². The molecule has 1 aliphatic carbocycles. The standard InChI is InChI=1S/C24H27ClN2O5S/c25-19-9-11-20(12-10-19)33(29,30)27(21-8-4-5-13-26-24(21)28)22(23-17-31-14-15-32-23)16-18-6-2-1-3-7-18/h1-2,6,9-12,14-15,17,21-22H,3-5,7-8,13,16H2,(H,26,28). The first kappa shape index (κ1) is 23.6. The summed E-state index contributed by atoms with van der Waals surface area (Å²) in [5.41, 5.74) is 1.08. The third-order valence-electron chi connectivity index (χ3n) is 5.92. The van der Waals surface area contributed by atoms with Crippen LogP contribution in [0, 0.1) is 0 Å². The maximum Gasteiger partial charge on any atom is 0.244 e. The Labute approximate surface area is 199 Å². The summed E-state index contributed by atoms with van der Waals surface area (Å²) in [5.74, 6) is 0.0305. The van der Waals surface area contributed by atoms with E-state index in [0.717, 1.165) is 31.3 Å². The zero-order chi connectivity index (χ0) is 23.3. The first-order valence-electron chi connectivity index (χ1n) is 11.1. The van der Waals surface area contributed by atoms with Gasteiger partial charge in [0.1, 0.15) is 24.8 Å². The molecule has 33 heavy (non-hydrogen) atoms. The molecule has 176 valence electrons. The van der Waals surface area contributed by atoms with E-state index < -0.39 is 22.1 Å². The topological polar surface area (TPSA) is 84.9 Å². The SMILES string of the molecule is O=C1NCCCCC1N(C(CC1=CC=CCC1)C1=COC=CO1)S(=O)(=O)c1ccc(Cl)cc1. The molecule has 1 N–H and O–H groups in total. The lowest BCUT2D eigenvalue weighted by atomic mass is 9.96. The minimum absolute atomic E-state index is 0.0688. The lowest BCUT2D eigenvalue weighted by Crippen LogP contribution is -2.54. The van der Waals surface area contributed by atoms with Crippen LogP contribution in [0.3, 0.4) is 0 Å². The molecule has 7 nitrogen and oxygen atoms in total. The molecule has 1 aromatic carbocycles. The van der Waals surface area contributed by atoms with Crippen molar-refractivity contribution in [2.45, 2.75) is 55.5 Å². The van der Waals surface area contributed by atoms with Gasteiger partial charge in [-0.15, -0.1) is 0 Å². The fourth-order valence-corrected chi connectivity index (χ4v) is 6.16. The van der Waals surface area contributed by atoms with E-state index in [0.29, 0.717) is 30.2 Å². The number of benzene rings is 1. The fourth-order valence-electron chi connectivity index (χ4n) is 4.26. The molecule has 1 aromatic rings. The molecular weight excluding hydrogens is 464 g/mol. The monoisotopic (exact) mass is 490 g/mol. The number of allylic oxidation sites excluding steroid dienone is 3. The quantitative estimate of drug-likeness (QED) is 0.612. The Morgan fingerprint density at radius 1 is 1.18 bits per heavy atom. The fraction of sp³-hybridized carbons (Fsp3) is 0.375. The van der Waals surface area contributed by atoms with Gasteiger partial charge in [0.2, 0.25) is 15.9 Å². The molecule has 0 spiro atoms. The van der Waals surface area contributed by atoms with Crippen LogP contribution in [0.2, 0.25) is 5.02 Å². The van der Waals surface area contributed by atoms with E-state index in [1.165, 1.54) is 47.4 Å². The summed E-state index contributed by atoms with van der Waals surface area (Å²) >= 11 is 6.01. The molecule has 0 radical (unpaired) electrons. The van der Waals surface area contributed by atoms with E-state index in [-0.39, 0.29) is 10.8 Å². The molecule has 0 bridgehead atoms. The zero-order valence-corrected chi connectivity index (χ0v) is 19.7. The summed E-state index contributed by atoms with van der Waals surface area (Å²) in [4.78, 5) is 13.2. The number of hydrogen-bond donors (Lipinski definition) is 1. The Morgan fingerprint density at radius 2 is 2.00 bits per heavy atom. The second kappa shape index (κ2) is 10.6. The highest BCUT2D eigenvalue weighted by Crippen LogP contribution is 2.34. The Morgan fingerprint density at radius 3 is 2.70 bits per heavy atom. The second-order valence-corrected chi connectivity index (χ2v) is 10.4. The molecule has 2 atom stereocenters. The Bertz CT molecular complexity index is 1090. The number of amides is 1. The zero-order valence-electron chi connectivity index (χ0n) is 18.2. The van der Waals surface area contributed by atoms with Crippen LogP contribution >= 0.6 is 11.6 Å². The third-order valence-corrected chi connectivity index (χ3v) is 8.10. The Hall–Kier alpha value is -2.55. The maximum atomic E-state index is 14.1. The minimum atomic E-state index is -4.10. The summed E-state index contributed by atoms with van der Waals surface area (Å²) in [6, 6.07) is 4.35. The average molecular weight is 491 g/mol. The van der Waals surface area contributed by atoms with Gasteiger partial charge in [-0.25, -0.2) is 8.42 Å². The van der Waals surface area contributed by atoms with Gasteiger partial charge < -0.3 is 14.8 Å². The predicted molar refractivity (Wildman–Crippen MR) is 125 cm³/mol. The van der Waals surface area contributed by atoms with E-state index in [1.807, 2.05) is 12.2 Å². The summed E-state index contributed by atoms with van der Waals surface area (Å²) in [5, 5.41) is 3.30. The number of nitrogens with zero attached hydrogens (tertiary/aromatic N) is 1. The van der Waals surface area contributed by atoms with E-state index in [2.05, 4.69) is 11.4 Å². The number of ether oxygens (including phenoxy) is 2. The molecule has 1 saturated heterocycles. The van der Waals surface area contributed by atoms with Gasteiger partial charge >= 0.3 is 0 Å². The van der Waals surface area contributed by atoms with Gasteiger partial charge in [0.05, 0.1) is 10.9 Å². The van der Waals surface area contributed by atoms with Crippen molar-refractivity contribution in [1.82, 2.24) is 9.62 Å². The average Bonchev–Trinajstić information content (AvgIpc) is 3.04. The van der Waals surface area contributed by atoms with Crippen molar-refractivity contribution < 1.29 is 22.7 Å². The highest BCUT2D eigenvalue weighted by atomic mass is 35.5. The maximum absolute atomic E-state index is 14.1. The third kappa shape index (κ3) is 5.51. The molecule has 0 saturated carbocycles. The molecule has 3 aliphatic rings. The van der Waals surface area contributed by atoms with Gasteiger partial charge in [-0.1, -0.05) is 35.4 Å². The van der Waals surface area contributed by atoms with Crippen LogP contribution in [0.25, 0.3) is 0 Å². The number of hydrogen-bond acceptors (Lipinski definition) is 5. The van der Waals surface area contributed by atoms with E-state index in [9.17, 15) is 13.2 Å². The van der Waals surface area contributed by atoms with Crippen molar-refractivity contribution in [3.05, 3.63) is 77.6 Å². The molecular formula is C24H27ClN2O5S. The van der Waals surface area contributed by atoms with Crippen molar-refractivity contribution in [3.63, 3.8) is 0 Å². The molecule has 2 unspecified atom stereocenters. The van der Waals surface area contributed by atoms with Crippen molar-refractivity contribution >= 4 is 27.5 Å². The largest absolute Gasteiger partial charge is 0.466 e. The number of carbonyl (C=O) groups excluding carboxylic acids is 1. The molecule has 0 aromatic heterocycles. The van der Waals surface area contributed by atoms with Crippen molar-refractivity contribution in [2.24, 2.45) is 0 Å². The van der Waals surface area contributed by atoms with E-state index in [4.69, 9.17) is 21.1 Å². The lowest BCUT2D eigenvalue weighted by Gasteiger charge is -2.37. The number of rotatable bonds is 7. The van der Waals surface area contributed by atoms with E-state index in [1.54, 1.807) is 0 Å². The summed E-state index contributed by atoms with van der Waals surface area (Å²) < 4.78 is 40.5. The second-order valence-electron chi connectivity index (χ2n) is 8.15. The van der Waals surface area contributed by atoms with Crippen LogP contribution in [-0.4, -0.2) is 37.3 Å². The highest BCUT2D eigenvalue weighted by molar-refractivity contribution is 7.89. The highest BCUT2D eigenvalue weighted by Gasteiger charge is 2.43. The summed E-state index contributed by atoms with van der Waals surface area (Å²) in [6.07, 6.45) is 14.2. The van der Waals surface area contributed by atoms with Crippen LogP contribution < -0.4 is 5.32 Å². The minimum Gasteiger partial charge on any atom is -0.466 e. The van der Waals surface area contributed by atoms with Crippen LogP contribution in [0.4, 0.5) is 0 Å². The molecule has 4 rings (SSSR count). The smallest absolute Gasteiger partial charge is 0.244 e. The Kier molecular flexibility index (Phi) is 7.57. The molecule has 2 heterocycles. The van der Waals surface area contributed by atoms with Gasteiger partial charge in [-0.3, -0.25) is 4.79 Å². The van der Waals surface area contributed by atoms with Crippen molar-refractivity contribution in [3.8, 4) is 0 Å². The first-order chi connectivity index (χ1) is 16.0. The number of halogens is 1. The van der Waals surface area contributed by atoms with E-state index >= 15 is 0 Å². The number of nitrogens with one attached hydrogen (secondary N) is 1. The van der Waals surface area contributed by atoms with Gasteiger partial charge in [-0.05, 0) is 62.8 Å². The lowest BCUT2D eigenvalue weighted by molar-refractivity contribution is -0.125. The molecule has 9 heteroatoms. The normalized spacial score (nSPS) is 21.9. The number of carbonyl (C=O) groups is 1.